The number of rotatable bonds is 4. The molecule has 1 aliphatic carbocycles. The third kappa shape index (κ3) is 2.73. The first kappa shape index (κ1) is 14.7. The molecular formula is C16H23N5O2. The zero-order valence-electron chi connectivity index (χ0n) is 13.3. The standard InChI is InChI=1S/C16H23N5O2/c22-14-10-17-16(23)21(14)9-8-20-7-3-6-13(20)15-18-11-4-1-2-5-12(11)19-15/h13H,1-10H2,(H,17,23)(H,18,19). The zero-order valence-corrected chi connectivity index (χ0v) is 13.3. The highest BCUT2D eigenvalue weighted by Crippen LogP contribution is 2.32. The van der Waals surface area contributed by atoms with Gasteiger partial charge in [-0.05, 0) is 45.1 Å². The molecule has 2 fully saturated rings. The largest absolute Gasteiger partial charge is 0.344 e. The highest BCUT2D eigenvalue weighted by atomic mass is 16.2. The number of H-pyrrole nitrogens is 1. The van der Waals surface area contributed by atoms with Gasteiger partial charge in [-0.25, -0.2) is 9.78 Å². The molecule has 4 rings (SSSR count). The van der Waals surface area contributed by atoms with E-state index in [2.05, 4.69) is 15.2 Å². The first-order valence-electron chi connectivity index (χ1n) is 8.62. The minimum absolute atomic E-state index is 0.126. The van der Waals surface area contributed by atoms with Gasteiger partial charge in [-0.2, -0.15) is 0 Å². The van der Waals surface area contributed by atoms with Gasteiger partial charge in [-0.15, -0.1) is 0 Å². The molecule has 2 N–H and O–H groups in total. The van der Waals surface area contributed by atoms with Crippen molar-refractivity contribution in [1.82, 2.24) is 25.1 Å². The Labute approximate surface area is 135 Å². The number of carbonyl (C=O) groups is 2. The highest BCUT2D eigenvalue weighted by Gasteiger charge is 2.33. The Morgan fingerprint density at radius 1 is 1.13 bits per heavy atom. The maximum absolute atomic E-state index is 11.7. The van der Waals surface area contributed by atoms with Crippen molar-refractivity contribution in [3.8, 4) is 0 Å². The Morgan fingerprint density at radius 3 is 2.78 bits per heavy atom. The lowest BCUT2D eigenvalue weighted by atomic mass is 10.0. The number of imidazole rings is 1. The summed E-state index contributed by atoms with van der Waals surface area (Å²) in [6.07, 6.45) is 6.90. The number of carbonyl (C=O) groups excluding carboxylic acids is 2. The molecule has 7 nitrogen and oxygen atoms in total. The Bertz CT molecular complexity index is 586. The summed E-state index contributed by atoms with van der Waals surface area (Å²) in [5, 5.41) is 2.57. The molecule has 0 radical (unpaired) electrons. The molecular weight excluding hydrogens is 294 g/mol. The van der Waals surface area contributed by atoms with Crippen LogP contribution in [0.15, 0.2) is 0 Å². The second kappa shape index (κ2) is 5.96. The van der Waals surface area contributed by atoms with Crippen LogP contribution in [0.1, 0.15) is 48.9 Å². The number of aryl methyl sites for hydroxylation is 2. The van der Waals surface area contributed by atoms with E-state index in [0.717, 1.165) is 44.6 Å². The number of hydrogen-bond acceptors (Lipinski definition) is 4. The molecule has 1 atom stereocenters. The minimum atomic E-state index is -0.265. The lowest BCUT2D eigenvalue weighted by Crippen LogP contribution is -2.38. The summed E-state index contributed by atoms with van der Waals surface area (Å²) in [4.78, 5) is 35.4. The molecule has 124 valence electrons. The monoisotopic (exact) mass is 317 g/mol. The molecule has 1 aromatic heterocycles. The van der Waals surface area contributed by atoms with Crippen molar-refractivity contribution >= 4 is 11.9 Å². The second-order valence-corrected chi connectivity index (χ2v) is 6.65. The van der Waals surface area contributed by atoms with Gasteiger partial charge >= 0.3 is 6.03 Å². The van der Waals surface area contributed by atoms with Crippen LogP contribution in [0.2, 0.25) is 0 Å². The number of nitrogens with zero attached hydrogens (tertiary/aromatic N) is 3. The van der Waals surface area contributed by atoms with E-state index >= 15 is 0 Å². The number of likely N-dealkylation sites (tertiary alicyclic amines) is 1. The summed E-state index contributed by atoms with van der Waals surface area (Å²) in [5.74, 6) is 0.950. The zero-order chi connectivity index (χ0) is 15.8. The van der Waals surface area contributed by atoms with Crippen molar-refractivity contribution in [3.63, 3.8) is 0 Å². The molecule has 1 aromatic rings. The molecule has 2 saturated heterocycles. The molecule has 23 heavy (non-hydrogen) atoms. The van der Waals surface area contributed by atoms with E-state index in [4.69, 9.17) is 4.98 Å². The van der Waals surface area contributed by atoms with Gasteiger partial charge in [0, 0.05) is 18.8 Å². The van der Waals surface area contributed by atoms with Gasteiger partial charge in [0.2, 0.25) is 5.91 Å². The number of aromatic amines is 1. The van der Waals surface area contributed by atoms with E-state index in [0.29, 0.717) is 12.6 Å². The summed E-state index contributed by atoms with van der Waals surface area (Å²) in [5.41, 5.74) is 2.55. The molecule has 0 saturated carbocycles. The number of urea groups is 1. The summed E-state index contributed by atoms with van der Waals surface area (Å²) in [6.45, 7) is 2.31. The Kier molecular flexibility index (Phi) is 3.80. The summed E-state index contributed by atoms with van der Waals surface area (Å²) in [7, 11) is 0. The topological polar surface area (TPSA) is 81.3 Å². The van der Waals surface area contributed by atoms with Crippen LogP contribution in [0.25, 0.3) is 0 Å². The average Bonchev–Trinajstić information content (AvgIpc) is 3.24. The van der Waals surface area contributed by atoms with Gasteiger partial charge in [0.15, 0.2) is 0 Å². The third-order valence-corrected chi connectivity index (χ3v) is 5.20. The van der Waals surface area contributed by atoms with Crippen LogP contribution in [-0.2, 0) is 17.6 Å². The molecule has 3 amide bonds. The molecule has 0 aromatic carbocycles. The molecule has 1 unspecified atom stereocenters. The number of aromatic nitrogens is 2. The average molecular weight is 317 g/mol. The van der Waals surface area contributed by atoms with Crippen molar-refractivity contribution < 1.29 is 9.59 Å². The lowest BCUT2D eigenvalue weighted by Gasteiger charge is -2.24. The van der Waals surface area contributed by atoms with Crippen LogP contribution < -0.4 is 5.32 Å². The fraction of sp³-hybridized carbons (Fsp3) is 0.688. The van der Waals surface area contributed by atoms with Gasteiger partial charge in [0.05, 0.1) is 18.3 Å². The fourth-order valence-electron chi connectivity index (χ4n) is 3.95. The Morgan fingerprint density at radius 2 is 2.00 bits per heavy atom. The fourth-order valence-corrected chi connectivity index (χ4v) is 3.95. The molecule has 7 heteroatoms. The third-order valence-electron chi connectivity index (χ3n) is 5.20. The van der Waals surface area contributed by atoms with E-state index in [1.807, 2.05) is 0 Å². The van der Waals surface area contributed by atoms with Crippen molar-refractivity contribution in [2.45, 2.75) is 44.6 Å². The van der Waals surface area contributed by atoms with Crippen molar-refractivity contribution in [3.05, 3.63) is 17.2 Å². The normalized spacial score (nSPS) is 25.0. The quantitative estimate of drug-likeness (QED) is 0.811. The van der Waals surface area contributed by atoms with E-state index in [9.17, 15) is 9.59 Å². The maximum atomic E-state index is 11.7. The van der Waals surface area contributed by atoms with Crippen LogP contribution in [-0.4, -0.2) is 57.9 Å². The smallest absolute Gasteiger partial charge is 0.324 e. The summed E-state index contributed by atoms with van der Waals surface area (Å²) >= 11 is 0. The minimum Gasteiger partial charge on any atom is -0.344 e. The van der Waals surface area contributed by atoms with Crippen molar-refractivity contribution in [1.29, 1.82) is 0 Å². The van der Waals surface area contributed by atoms with E-state index < -0.39 is 0 Å². The second-order valence-electron chi connectivity index (χ2n) is 6.65. The van der Waals surface area contributed by atoms with E-state index in [-0.39, 0.29) is 18.5 Å². The first-order valence-corrected chi connectivity index (χ1v) is 8.62. The van der Waals surface area contributed by atoms with Crippen molar-refractivity contribution in [2.24, 2.45) is 0 Å². The number of fused-ring (bicyclic) bond motifs is 1. The van der Waals surface area contributed by atoms with Gasteiger partial charge < -0.3 is 10.3 Å². The molecule has 2 aliphatic heterocycles. The van der Waals surface area contributed by atoms with E-state index in [1.165, 1.54) is 29.1 Å². The van der Waals surface area contributed by atoms with Crippen molar-refractivity contribution in [2.75, 3.05) is 26.2 Å². The van der Waals surface area contributed by atoms with Gasteiger partial charge in [-0.3, -0.25) is 14.6 Å². The SMILES string of the molecule is O=C1CNC(=O)N1CCN1CCCC1c1nc2c([nH]1)CCCC2. The van der Waals surface area contributed by atoms with Crippen LogP contribution >= 0.6 is 0 Å². The highest BCUT2D eigenvalue weighted by molar-refractivity contribution is 6.01. The van der Waals surface area contributed by atoms with Gasteiger partial charge in [0.1, 0.15) is 5.82 Å². The number of amides is 3. The summed E-state index contributed by atoms with van der Waals surface area (Å²) in [6, 6.07) is 0.0283. The number of nitrogens with one attached hydrogen (secondary N) is 2. The molecule has 3 aliphatic rings. The predicted octanol–water partition coefficient (Wildman–Crippen LogP) is 0.977. The van der Waals surface area contributed by atoms with Gasteiger partial charge in [0.25, 0.3) is 0 Å². The maximum Gasteiger partial charge on any atom is 0.324 e. The Balaban J connectivity index is 1.43. The predicted molar refractivity (Wildman–Crippen MR) is 83.9 cm³/mol. The number of hydrogen-bond donors (Lipinski definition) is 2. The molecule has 0 spiro atoms. The number of imide groups is 1. The van der Waals surface area contributed by atoms with E-state index in [1.54, 1.807) is 0 Å². The summed E-state index contributed by atoms with van der Waals surface area (Å²) < 4.78 is 0. The van der Waals surface area contributed by atoms with Crippen LogP contribution in [0, 0.1) is 0 Å². The molecule has 3 heterocycles. The van der Waals surface area contributed by atoms with Gasteiger partial charge in [-0.1, -0.05) is 0 Å². The van der Waals surface area contributed by atoms with Crippen LogP contribution in [0.5, 0.6) is 0 Å². The first-order chi connectivity index (χ1) is 11.2. The molecule has 0 bridgehead atoms. The lowest BCUT2D eigenvalue weighted by molar-refractivity contribution is -0.125. The van der Waals surface area contributed by atoms with Crippen LogP contribution in [0.4, 0.5) is 4.79 Å². The van der Waals surface area contributed by atoms with Crippen LogP contribution in [0.3, 0.4) is 0 Å². The Hall–Kier alpha value is -1.89.